The number of ether oxygens (including phenoxy) is 2. The minimum absolute atomic E-state index is 0.313. The highest BCUT2D eigenvalue weighted by atomic mass is 16.7. The van der Waals surface area contributed by atoms with Crippen LogP contribution in [-0.2, 0) is 4.74 Å². The zero-order chi connectivity index (χ0) is 11.1. The second-order valence-corrected chi connectivity index (χ2v) is 3.34. The van der Waals surface area contributed by atoms with Crippen LogP contribution in [0.4, 0.5) is 0 Å². The molecular formula is C12H19NO2. The Hall–Kier alpha value is -1.06. The van der Waals surface area contributed by atoms with Crippen LogP contribution in [0.15, 0.2) is 24.3 Å². The first-order valence-corrected chi connectivity index (χ1v) is 5.25. The van der Waals surface area contributed by atoms with E-state index in [9.17, 15) is 0 Å². The molecule has 0 spiro atoms. The Morgan fingerprint density at radius 2 is 2.20 bits per heavy atom. The molecule has 0 saturated carbocycles. The van der Waals surface area contributed by atoms with Crippen LogP contribution >= 0.6 is 0 Å². The summed E-state index contributed by atoms with van der Waals surface area (Å²) < 4.78 is 10.6. The molecule has 3 heteroatoms. The molecule has 3 nitrogen and oxygen atoms in total. The van der Waals surface area contributed by atoms with Gasteiger partial charge < -0.3 is 14.8 Å². The van der Waals surface area contributed by atoms with Crippen molar-refractivity contribution in [1.29, 1.82) is 0 Å². The number of rotatable bonds is 6. The van der Waals surface area contributed by atoms with Gasteiger partial charge in [0.15, 0.2) is 6.79 Å². The standard InChI is InChI=1S/C12H19NO2/c1-4-14-9-15-12-7-5-6-11(8-12)10(2)13-3/h5-8,10,13H,4,9H2,1-3H3. The van der Waals surface area contributed by atoms with Gasteiger partial charge in [-0.2, -0.15) is 0 Å². The molecule has 1 rings (SSSR count). The van der Waals surface area contributed by atoms with Gasteiger partial charge in [-0.05, 0) is 38.6 Å². The van der Waals surface area contributed by atoms with Crippen molar-refractivity contribution < 1.29 is 9.47 Å². The van der Waals surface area contributed by atoms with E-state index in [1.165, 1.54) is 5.56 Å². The summed E-state index contributed by atoms with van der Waals surface area (Å²) in [7, 11) is 1.94. The first-order valence-electron chi connectivity index (χ1n) is 5.25. The van der Waals surface area contributed by atoms with Crippen LogP contribution in [0.25, 0.3) is 0 Å². The summed E-state index contributed by atoms with van der Waals surface area (Å²) in [5, 5.41) is 3.19. The summed E-state index contributed by atoms with van der Waals surface area (Å²) >= 11 is 0. The Morgan fingerprint density at radius 1 is 1.40 bits per heavy atom. The number of hydrogen-bond acceptors (Lipinski definition) is 3. The lowest BCUT2D eigenvalue weighted by Gasteiger charge is -2.12. The quantitative estimate of drug-likeness (QED) is 0.576. The van der Waals surface area contributed by atoms with Crippen molar-refractivity contribution in [2.45, 2.75) is 19.9 Å². The second kappa shape index (κ2) is 6.43. The van der Waals surface area contributed by atoms with Gasteiger partial charge in [0.05, 0.1) is 0 Å². The molecule has 0 heterocycles. The predicted octanol–water partition coefficient (Wildman–Crippen LogP) is 2.34. The maximum Gasteiger partial charge on any atom is 0.189 e. The molecule has 0 aliphatic carbocycles. The molecule has 0 saturated heterocycles. The zero-order valence-electron chi connectivity index (χ0n) is 9.62. The van der Waals surface area contributed by atoms with Crippen LogP contribution in [0.2, 0.25) is 0 Å². The molecule has 0 aliphatic rings. The van der Waals surface area contributed by atoms with E-state index in [-0.39, 0.29) is 0 Å². The van der Waals surface area contributed by atoms with E-state index in [1.807, 2.05) is 32.2 Å². The average molecular weight is 209 g/mol. The van der Waals surface area contributed by atoms with E-state index >= 15 is 0 Å². The van der Waals surface area contributed by atoms with Crippen molar-refractivity contribution in [3.05, 3.63) is 29.8 Å². The van der Waals surface area contributed by atoms with Crippen LogP contribution in [0.1, 0.15) is 25.5 Å². The Balaban J connectivity index is 2.57. The second-order valence-electron chi connectivity index (χ2n) is 3.34. The fourth-order valence-electron chi connectivity index (χ4n) is 1.23. The van der Waals surface area contributed by atoms with E-state index in [1.54, 1.807) is 0 Å². The third kappa shape index (κ3) is 3.90. The monoisotopic (exact) mass is 209 g/mol. The first-order chi connectivity index (χ1) is 7.27. The fourth-order valence-corrected chi connectivity index (χ4v) is 1.23. The summed E-state index contributed by atoms with van der Waals surface area (Å²) in [6.45, 7) is 5.05. The van der Waals surface area contributed by atoms with E-state index in [4.69, 9.17) is 9.47 Å². The van der Waals surface area contributed by atoms with Gasteiger partial charge in [0.25, 0.3) is 0 Å². The lowest BCUT2D eigenvalue weighted by atomic mass is 10.1. The van der Waals surface area contributed by atoms with Crippen LogP contribution in [0.3, 0.4) is 0 Å². The van der Waals surface area contributed by atoms with Gasteiger partial charge in [0, 0.05) is 12.6 Å². The van der Waals surface area contributed by atoms with Crippen molar-refractivity contribution >= 4 is 0 Å². The maximum atomic E-state index is 5.43. The Kier molecular flexibility index (Phi) is 5.15. The summed E-state index contributed by atoms with van der Waals surface area (Å²) in [5.74, 6) is 0.850. The van der Waals surface area contributed by atoms with E-state index in [0.29, 0.717) is 19.4 Å². The van der Waals surface area contributed by atoms with Gasteiger partial charge in [-0.3, -0.25) is 0 Å². The summed E-state index contributed by atoms with van der Waals surface area (Å²) in [6, 6.07) is 8.37. The van der Waals surface area contributed by atoms with Gasteiger partial charge in [-0.25, -0.2) is 0 Å². The predicted molar refractivity (Wildman–Crippen MR) is 61.0 cm³/mol. The smallest absolute Gasteiger partial charge is 0.189 e. The Morgan fingerprint density at radius 3 is 2.87 bits per heavy atom. The van der Waals surface area contributed by atoms with E-state index in [2.05, 4.69) is 18.3 Å². The minimum atomic E-state index is 0.313. The van der Waals surface area contributed by atoms with Gasteiger partial charge in [-0.15, -0.1) is 0 Å². The normalized spacial score (nSPS) is 12.5. The molecule has 0 aromatic heterocycles. The number of nitrogens with one attached hydrogen (secondary N) is 1. The lowest BCUT2D eigenvalue weighted by Crippen LogP contribution is -2.12. The van der Waals surface area contributed by atoms with Crippen LogP contribution in [0.5, 0.6) is 5.75 Å². The highest BCUT2D eigenvalue weighted by Gasteiger charge is 2.03. The zero-order valence-corrected chi connectivity index (χ0v) is 9.62. The Bertz CT molecular complexity index is 289. The molecule has 0 bridgehead atoms. The average Bonchev–Trinajstić information content (AvgIpc) is 2.29. The van der Waals surface area contributed by atoms with Crippen molar-refractivity contribution in [1.82, 2.24) is 5.32 Å². The minimum Gasteiger partial charge on any atom is -0.468 e. The topological polar surface area (TPSA) is 30.5 Å². The molecule has 0 aliphatic heterocycles. The molecule has 0 amide bonds. The van der Waals surface area contributed by atoms with Crippen molar-refractivity contribution in [2.24, 2.45) is 0 Å². The van der Waals surface area contributed by atoms with Gasteiger partial charge in [0.2, 0.25) is 0 Å². The molecule has 84 valence electrons. The third-order valence-corrected chi connectivity index (χ3v) is 2.30. The molecule has 1 atom stereocenters. The molecule has 1 unspecified atom stereocenters. The SMILES string of the molecule is CCOCOc1cccc(C(C)NC)c1. The van der Waals surface area contributed by atoms with Crippen LogP contribution in [0, 0.1) is 0 Å². The largest absolute Gasteiger partial charge is 0.468 e. The van der Waals surface area contributed by atoms with Crippen LogP contribution < -0.4 is 10.1 Å². The summed E-state index contributed by atoms with van der Waals surface area (Å²) in [6.07, 6.45) is 0. The van der Waals surface area contributed by atoms with Crippen molar-refractivity contribution in [2.75, 3.05) is 20.4 Å². The van der Waals surface area contributed by atoms with Crippen LogP contribution in [-0.4, -0.2) is 20.4 Å². The molecule has 0 fully saturated rings. The molecule has 15 heavy (non-hydrogen) atoms. The maximum absolute atomic E-state index is 5.43. The van der Waals surface area contributed by atoms with Gasteiger partial charge in [-0.1, -0.05) is 12.1 Å². The molecule has 1 aromatic carbocycles. The number of benzene rings is 1. The summed E-state index contributed by atoms with van der Waals surface area (Å²) in [4.78, 5) is 0. The highest BCUT2D eigenvalue weighted by Crippen LogP contribution is 2.18. The fraction of sp³-hybridized carbons (Fsp3) is 0.500. The first kappa shape index (κ1) is 12.0. The summed E-state index contributed by atoms with van der Waals surface area (Å²) in [5.41, 5.74) is 1.21. The van der Waals surface area contributed by atoms with Crippen molar-refractivity contribution in [3.8, 4) is 5.75 Å². The lowest BCUT2D eigenvalue weighted by molar-refractivity contribution is 0.0223. The molecular weight excluding hydrogens is 190 g/mol. The van der Waals surface area contributed by atoms with E-state index < -0.39 is 0 Å². The third-order valence-electron chi connectivity index (χ3n) is 2.30. The molecule has 1 aromatic rings. The van der Waals surface area contributed by atoms with Gasteiger partial charge >= 0.3 is 0 Å². The van der Waals surface area contributed by atoms with Gasteiger partial charge in [0.1, 0.15) is 5.75 Å². The number of hydrogen-bond donors (Lipinski definition) is 1. The van der Waals surface area contributed by atoms with Crippen molar-refractivity contribution in [3.63, 3.8) is 0 Å². The highest BCUT2D eigenvalue weighted by molar-refractivity contribution is 5.30. The Labute approximate surface area is 91.4 Å². The molecule has 1 N–H and O–H groups in total. The van der Waals surface area contributed by atoms with E-state index in [0.717, 1.165) is 5.75 Å². The molecule has 0 radical (unpaired) electrons.